The van der Waals surface area contributed by atoms with E-state index in [-0.39, 0.29) is 11.9 Å². The summed E-state index contributed by atoms with van der Waals surface area (Å²) >= 11 is 3.23. The van der Waals surface area contributed by atoms with Crippen molar-refractivity contribution in [2.24, 2.45) is 0 Å². The van der Waals surface area contributed by atoms with Crippen molar-refractivity contribution < 1.29 is 4.79 Å². The highest BCUT2D eigenvalue weighted by Gasteiger charge is 2.08. The van der Waals surface area contributed by atoms with Crippen LogP contribution in [0.4, 0.5) is 0 Å². The molecule has 0 aliphatic carbocycles. The van der Waals surface area contributed by atoms with Gasteiger partial charge in [-0.1, -0.05) is 0 Å². The zero-order valence-electron chi connectivity index (χ0n) is 7.41. The van der Waals surface area contributed by atoms with Gasteiger partial charge in [0.05, 0.1) is 10.5 Å². The van der Waals surface area contributed by atoms with Crippen molar-refractivity contribution in [3.05, 3.63) is 22.7 Å². The molecule has 1 heterocycles. The van der Waals surface area contributed by atoms with Gasteiger partial charge < -0.3 is 5.32 Å². The summed E-state index contributed by atoms with van der Waals surface area (Å²) in [4.78, 5) is 18.8. The van der Waals surface area contributed by atoms with Gasteiger partial charge in [-0.15, -0.1) is 0 Å². The molecule has 70 valence electrons. The standard InChI is InChI=1S/C8H10BrN3O/c1-5(12-6(2)13)8-10-3-7(9)4-11-8/h3-5H,1-2H3,(H,12,13). The molecular formula is C8H10BrN3O. The van der Waals surface area contributed by atoms with Crippen LogP contribution in [-0.2, 0) is 4.79 Å². The Hall–Kier alpha value is -0.970. The number of hydrogen-bond acceptors (Lipinski definition) is 3. The number of nitrogens with zero attached hydrogens (tertiary/aromatic N) is 2. The molecule has 0 aliphatic heterocycles. The number of aromatic nitrogens is 2. The van der Waals surface area contributed by atoms with E-state index in [1.165, 1.54) is 6.92 Å². The van der Waals surface area contributed by atoms with Crippen LogP contribution in [0.1, 0.15) is 25.7 Å². The van der Waals surface area contributed by atoms with E-state index in [1.807, 2.05) is 6.92 Å². The Balaban J connectivity index is 2.71. The van der Waals surface area contributed by atoms with E-state index in [1.54, 1.807) is 12.4 Å². The molecule has 4 nitrogen and oxygen atoms in total. The van der Waals surface area contributed by atoms with Gasteiger partial charge in [0.25, 0.3) is 0 Å². The Bertz CT molecular complexity index is 299. The van der Waals surface area contributed by atoms with Gasteiger partial charge in [-0.2, -0.15) is 0 Å². The predicted molar refractivity (Wildman–Crippen MR) is 52.0 cm³/mol. The molecule has 0 fully saturated rings. The maximum absolute atomic E-state index is 10.7. The lowest BCUT2D eigenvalue weighted by Gasteiger charge is -2.09. The Labute approximate surface area is 84.9 Å². The molecular weight excluding hydrogens is 234 g/mol. The van der Waals surface area contributed by atoms with Gasteiger partial charge >= 0.3 is 0 Å². The van der Waals surface area contributed by atoms with E-state index in [0.717, 1.165) is 4.47 Å². The van der Waals surface area contributed by atoms with Gasteiger partial charge in [-0.05, 0) is 22.9 Å². The number of nitrogens with one attached hydrogen (secondary N) is 1. The van der Waals surface area contributed by atoms with E-state index in [4.69, 9.17) is 0 Å². The monoisotopic (exact) mass is 243 g/mol. The first-order valence-electron chi connectivity index (χ1n) is 3.84. The maximum atomic E-state index is 10.7. The summed E-state index contributed by atoms with van der Waals surface area (Å²) in [6.45, 7) is 3.31. The topological polar surface area (TPSA) is 54.9 Å². The van der Waals surface area contributed by atoms with Crippen molar-refractivity contribution in [2.75, 3.05) is 0 Å². The van der Waals surface area contributed by atoms with Crippen molar-refractivity contribution in [3.63, 3.8) is 0 Å². The lowest BCUT2D eigenvalue weighted by atomic mass is 10.3. The van der Waals surface area contributed by atoms with Crippen molar-refractivity contribution in [2.45, 2.75) is 19.9 Å². The Morgan fingerprint density at radius 2 is 2.08 bits per heavy atom. The molecule has 0 saturated heterocycles. The van der Waals surface area contributed by atoms with Crippen molar-refractivity contribution in [1.82, 2.24) is 15.3 Å². The molecule has 1 aromatic heterocycles. The molecule has 0 spiro atoms. The van der Waals surface area contributed by atoms with Crippen LogP contribution in [0.3, 0.4) is 0 Å². The van der Waals surface area contributed by atoms with Crippen molar-refractivity contribution in [3.8, 4) is 0 Å². The molecule has 5 heteroatoms. The van der Waals surface area contributed by atoms with Crippen molar-refractivity contribution >= 4 is 21.8 Å². The molecule has 13 heavy (non-hydrogen) atoms. The van der Waals surface area contributed by atoms with Crippen LogP contribution in [0, 0.1) is 0 Å². The zero-order chi connectivity index (χ0) is 9.84. The van der Waals surface area contributed by atoms with E-state index in [0.29, 0.717) is 5.82 Å². The van der Waals surface area contributed by atoms with Gasteiger partial charge in [0.1, 0.15) is 5.82 Å². The molecule has 1 rings (SSSR count). The van der Waals surface area contributed by atoms with E-state index in [2.05, 4.69) is 31.2 Å². The summed E-state index contributed by atoms with van der Waals surface area (Å²) in [5, 5.41) is 2.70. The van der Waals surface area contributed by atoms with Gasteiger partial charge in [-0.3, -0.25) is 4.79 Å². The summed E-state index contributed by atoms with van der Waals surface area (Å²) in [6, 6.07) is -0.148. The molecule has 0 saturated carbocycles. The molecule has 0 bridgehead atoms. The molecule has 1 N–H and O–H groups in total. The fourth-order valence-corrected chi connectivity index (χ4v) is 1.12. The number of carbonyl (C=O) groups is 1. The first kappa shape index (κ1) is 10.1. The minimum Gasteiger partial charge on any atom is -0.347 e. The van der Waals surface area contributed by atoms with Crippen LogP contribution in [0.2, 0.25) is 0 Å². The number of hydrogen-bond donors (Lipinski definition) is 1. The maximum Gasteiger partial charge on any atom is 0.217 e. The third kappa shape index (κ3) is 3.10. The third-order valence-corrected chi connectivity index (χ3v) is 1.86. The van der Waals surface area contributed by atoms with Crippen LogP contribution in [-0.4, -0.2) is 15.9 Å². The Morgan fingerprint density at radius 1 is 1.54 bits per heavy atom. The summed E-state index contributed by atoms with van der Waals surface area (Å²) < 4.78 is 0.825. The normalized spacial score (nSPS) is 12.2. The molecule has 1 amide bonds. The van der Waals surface area contributed by atoms with E-state index < -0.39 is 0 Å². The second-order valence-electron chi connectivity index (χ2n) is 2.68. The predicted octanol–water partition coefficient (Wildman–Crippen LogP) is 1.44. The highest BCUT2D eigenvalue weighted by atomic mass is 79.9. The molecule has 1 aromatic rings. The second-order valence-corrected chi connectivity index (χ2v) is 3.60. The lowest BCUT2D eigenvalue weighted by Crippen LogP contribution is -2.25. The minimum atomic E-state index is -0.148. The second kappa shape index (κ2) is 4.32. The highest BCUT2D eigenvalue weighted by Crippen LogP contribution is 2.09. The minimum absolute atomic E-state index is 0.0842. The number of halogens is 1. The van der Waals surface area contributed by atoms with Crippen LogP contribution in [0.5, 0.6) is 0 Å². The molecule has 0 aliphatic rings. The summed E-state index contributed by atoms with van der Waals surface area (Å²) in [5.74, 6) is 0.525. The van der Waals surface area contributed by atoms with Crippen LogP contribution < -0.4 is 5.32 Å². The van der Waals surface area contributed by atoms with Gasteiger partial charge in [-0.25, -0.2) is 9.97 Å². The van der Waals surface area contributed by atoms with Gasteiger partial charge in [0.2, 0.25) is 5.91 Å². The Morgan fingerprint density at radius 3 is 2.54 bits per heavy atom. The average molecular weight is 244 g/mol. The van der Waals surface area contributed by atoms with Crippen LogP contribution in [0.25, 0.3) is 0 Å². The van der Waals surface area contributed by atoms with Crippen LogP contribution in [0.15, 0.2) is 16.9 Å². The Kier molecular flexibility index (Phi) is 3.36. The van der Waals surface area contributed by atoms with Crippen molar-refractivity contribution in [1.29, 1.82) is 0 Å². The lowest BCUT2D eigenvalue weighted by molar-refractivity contribution is -0.119. The first-order chi connectivity index (χ1) is 6.09. The number of amides is 1. The highest BCUT2D eigenvalue weighted by molar-refractivity contribution is 9.10. The molecule has 1 atom stereocenters. The first-order valence-corrected chi connectivity index (χ1v) is 4.63. The fourth-order valence-electron chi connectivity index (χ4n) is 0.915. The summed E-state index contributed by atoms with van der Waals surface area (Å²) in [5.41, 5.74) is 0. The quantitative estimate of drug-likeness (QED) is 0.856. The number of carbonyl (C=O) groups excluding carboxylic acids is 1. The number of rotatable bonds is 2. The molecule has 0 aromatic carbocycles. The molecule has 0 radical (unpaired) electrons. The SMILES string of the molecule is CC(=O)NC(C)c1ncc(Br)cn1. The van der Waals surface area contributed by atoms with Crippen LogP contribution >= 0.6 is 15.9 Å². The zero-order valence-corrected chi connectivity index (χ0v) is 9.00. The van der Waals surface area contributed by atoms with E-state index >= 15 is 0 Å². The summed E-state index contributed by atoms with van der Waals surface area (Å²) in [7, 11) is 0. The third-order valence-electron chi connectivity index (χ3n) is 1.45. The smallest absolute Gasteiger partial charge is 0.217 e. The fraction of sp³-hybridized carbons (Fsp3) is 0.375. The van der Waals surface area contributed by atoms with Gasteiger partial charge in [0.15, 0.2) is 0 Å². The van der Waals surface area contributed by atoms with E-state index in [9.17, 15) is 4.79 Å². The molecule has 1 unspecified atom stereocenters. The largest absolute Gasteiger partial charge is 0.347 e. The van der Waals surface area contributed by atoms with Gasteiger partial charge in [0, 0.05) is 19.3 Å². The summed E-state index contributed by atoms with van der Waals surface area (Å²) in [6.07, 6.45) is 3.31. The average Bonchev–Trinajstić information content (AvgIpc) is 2.04.